The molecule has 0 aromatic heterocycles. The Hall–Kier alpha value is -1.39. The van der Waals surface area contributed by atoms with E-state index in [4.69, 9.17) is 4.74 Å². The third-order valence-corrected chi connectivity index (χ3v) is 3.29. The Morgan fingerprint density at radius 3 is 2.55 bits per heavy atom. The zero-order valence-electron chi connectivity index (χ0n) is 13.2. The first-order valence-corrected chi connectivity index (χ1v) is 7.07. The highest BCUT2D eigenvalue weighted by molar-refractivity contribution is 5.77. The average molecular weight is 278 g/mol. The van der Waals surface area contributed by atoms with Gasteiger partial charge in [0.15, 0.2) is 0 Å². The van der Waals surface area contributed by atoms with E-state index in [1.54, 1.807) is 0 Å². The summed E-state index contributed by atoms with van der Waals surface area (Å²) in [5.74, 6) is -0.213. The van der Waals surface area contributed by atoms with E-state index in [-0.39, 0.29) is 5.97 Å². The van der Waals surface area contributed by atoms with E-state index in [0.29, 0.717) is 6.61 Å². The fraction of sp³-hybridized carbons (Fsp3) is 0.562. The minimum atomic E-state index is -0.394. The van der Waals surface area contributed by atoms with Gasteiger partial charge in [0.25, 0.3) is 0 Å². The Labute approximate surface area is 122 Å². The lowest BCUT2D eigenvalue weighted by Crippen LogP contribution is -2.35. The summed E-state index contributed by atoms with van der Waals surface area (Å²) in [5, 5.41) is 3.28. The molecule has 0 radical (unpaired) electrons. The van der Waals surface area contributed by atoms with Crippen molar-refractivity contribution in [1.82, 2.24) is 10.2 Å². The molecule has 0 aliphatic rings. The van der Waals surface area contributed by atoms with Crippen LogP contribution in [-0.4, -0.2) is 44.7 Å². The van der Waals surface area contributed by atoms with E-state index in [1.807, 2.05) is 33.2 Å². The van der Waals surface area contributed by atoms with Gasteiger partial charge in [-0.1, -0.05) is 18.2 Å². The van der Waals surface area contributed by atoms with Crippen molar-refractivity contribution < 1.29 is 9.53 Å². The van der Waals surface area contributed by atoms with Crippen LogP contribution in [0.1, 0.15) is 29.7 Å². The number of rotatable bonds is 7. The minimum Gasteiger partial charge on any atom is -0.465 e. The molecule has 0 aliphatic heterocycles. The normalized spacial score (nSPS) is 12.5. The molecule has 112 valence electrons. The number of nitrogens with zero attached hydrogens (tertiary/aromatic N) is 1. The van der Waals surface area contributed by atoms with Crippen LogP contribution in [0.4, 0.5) is 0 Å². The Balaban J connectivity index is 2.85. The van der Waals surface area contributed by atoms with Crippen LogP contribution >= 0.6 is 0 Å². The third kappa shape index (κ3) is 4.94. The van der Waals surface area contributed by atoms with Crippen LogP contribution in [0.25, 0.3) is 0 Å². The van der Waals surface area contributed by atoms with Crippen LogP contribution in [-0.2, 0) is 9.53 Å². The van der Waals surface area contributed by atoms with Crippen LogP contribution < -0.4 is 5.32 Å². The van der Waals surface area contributed by atoms with Crippen molar-refractivity contribution in [2.75, 3.05) is 33.8 Å². The van der Waals surface area contributed by atoms with Crippen molar-refractivity contribution in [3.8, 4) is 0 Å². The Morgan fingerprint density at radius 1 is 1.30 bits per heavy atom. The zero-order chi connectivity index (χ0) is 15.1. The minimum absolute atomic E-state index is 0.213. The summed E-state index contributed by atoms with van der Waals surface area (Å²) in [6.07, 6.45) is 0. The molecule has 0 amide bonds. The Kier molecular flexibility index (Phi) is 6.68. The number of aryl methyl sites for hydroxylation is 2. The molecule has 0 bridgehead atoms. The molecule has 1 atom stereocenters. The van der Waals surface area contributed by atoms with Crippen LogP contribution in [0, 0.1) is 13.8 Å². The first-order valence-electron chi connectivity index (χ1n) is 7.07. The lowest BCUT2D eigenvalue weighted by Gasteiger charge is -2.20. The highest BCUT2D eigenvalue weighted by Crippen LogP contribution is 2.18. The van der Waals surface area contributed by atoms with Gasteiger partial charge in [0.2, 0.25) is 0 Å². The lowest BCUT2D eigenvalue weighted by atomic mass is 10.0. The molecule has 4 nitrogen and oxygen atoms in total. The first kappa shape index (κ1) is 16.7. The second kappa shape index (κ2) is 8.02. The van der Waals surface area contributed by atoms with Gasteiger partial charge in [0.05, 0.1) is 6.61 Å². The highest BCUT2D eigenvalue weighted by atomic mass is 16.5. The van der Waals surface area contributed by atoms with Gasteiger partial charge in [0.1, 0.15) is 6.04 Å². The summed E-state index contributed by atoms with van der Waals surface area (Å²) in [6, 6.07) is 5.70. The Bertz CT molecular complexity index is 444. The van der Waals surface area contributed by atoms with E-state index in [9.17, 15) is 4.79 Å². The van der Waals surface area contributed by atoms with E-state index < -0.39 is 6.04 Å². The molecule has 0 spiro atoms. The molecule has 0 heterocycles. The number of hydrogen-bond donors (Lipinski definition) is 1. The SMILES string of the molecule is CCOC(=O)C(NCCN(C)C)c1ccc(C)c(C)c1. The van der Waals surface area contributed by atoms with Crippen LogP contribution in [0.2, 0.25) is 0 Å². The summed E-state index contributed by atoms with van der Waals surface area (Å²) < 4.78 is 5.17. The molecule has 4 heteroatoms. The van der Waals surface area contributed by atoms with Crippen molar-refractivity contribution in [1.29, 1.82) is 0 Å². The van der Waals surface area contributed by atoms with Gasteiger partial charge < -0.3 is 9.64 Å². The molecule has 1 aromatic carbocycles. The van der Waals surface area contributed by atoms with E-state index >= 15 is 0 Å². The smallest absolute Gasteiger partial charge is 0.327 e. The maximum absolute atomic E-state index is 12.1. The van der Waals surface area contributed by atoms with E-state index in [0.717, 1.165) is 18.7 Å². The molecule has 1 unspecified atom stereocenters. The van der Waals surface area contributed by atoms with Crippen molar-refractivity contribution in [2.24, 2.45) is 0 Å². The molecule has 1 N–H and O–H groups in total. The summed E-state index contributed by atoms with van der Waals surface area (Å²) in [4.78, 5) is 14.2. The summed E-state index contributed by atoms with van der Waals surface area (Å²) >= 11 is 0. The topological polar surface area (TPSA) is 41.6 Å². The third-order valence-electron chi connectivity index (χ3n) is 3.29. The first-order chi connectivity index (χ1) is 9.45. The van der Waals surface area contributed by atoms with Crippen LogP contribution in [0.15, 0.2) is 18.2 Å². The largest absolute Gasteiger partial charge is 0.465 e. The van der Waals surface area contributed by atoms with Gasteiger partial charge in [-0.25, -0.2) is 4.79 Å². The van der Waals surface area contributed by atoms with E-state index in [1.165, 1.54) is 11.1 Å². The molecule has 1 aromatic rings. The van der Waals surface area contributed by atoms with Gasteiger partial charge >= 0.3 is 5.97 Å². The predicted molar refractivity (Wildman–Crippen MR) is 81.8 cm³/mol. The molecule has 1 rings (SSSR count). The lowest BCUT2D eigenvalue weighted by molar-refractivity contribution is -0.145. The molecular formula is C16H26N2O2. The van der Waals surface area contributed by atoms with Crippen molar-refractivity contribution in [3.63, 3.8) is 0 Å². The summed E-state index contributed by atoms with van der Waals surface area (Å²) in [7, 11) is 4.02. The van der Waals surface area contributed by atoms with Crippen molar-refractivity contribution in [2.45, 2.75) is 26.8 Å². The molecule has 0 fully saturated rings. The van der Waals surface area contributed by atoms with Crippen LogP contribution in [0.5, 0.6) is 0 Å². The van der Waals surface area contributed by atoms with Gasteiger partial charge in [-0.05, 0) is 51.6 Å². The molecule has 20 heavy (non-hydrogen) atoms. The summed E-state index contributed by atoms with van der Waals surface area (Å²) in [6.45, 7) is 7.97. The van der Waals surface area contributed by atoms with Gasteiger partial charge in [-0.3, -0.25) is 5.32 Å². The number of esters is 1. The van der Waals surface area contributed by atoms with E-state index in [2.05, 4.69) is 30.1 Å². The number of hydrogen-bond acceptors (Lipinski definition) is 4. The van der Waals surface area contributed by atoms with Crippen molar-refractivity contribution in [3.05, 3.63) is 34.9 Å². The fourth-order valence-corrected chi connectivity index (χ4v) is 1.94. The average Bonchev–Trinajstić information content (AvgIpc) is 2.38. The molecular weight excluding hydrogens is 252 g/mol. The van der Waals surface area contributed by atoms with Gasteiger partial charge in [-0.2, -0.15) is 0 Å². The van der Waals surface area contributed by atoms with Gasteiger partial charge in [0, 0.05) is 13.1 Å². The standard InChI is InChI=1S/C16H26N2O2/c1-6-20-16(19)15(17-9-10-18(4)5)14-8-7-12(2)13(3)11-14/h7-8,11,15,17H,6,9-10H2,1-5H3. The quantitative estimate of drug-likeness (QED) is 0.775. The maximum atomic E-state index is 12.1. The fourth-order valence-electron chi connectivity index (χ4n) is 1.94. The molecule has 0 aliphatic carbocycles. The van der Waals surface area contributed by atoms with Gasteiger partial charge in [-0.15, -0.1) is 0 Å². The number of carbonyl (C=O) groups excluding carboxylic acids is 1. The second-order valence-electron chi connectivity index (χ2n) is 5.29. The highest BCUT2D eigenvalue weighted by Gasteiger charge is 2.21. The van der Waals surface area contributed by atoms with Crippen LogP contribution in [0.3, 0.4) is 0 Å². The monoisotopic (exact) mass is 278 g/mol. The maximum Gasteiger partial charge on any atom is 0.327 e. The summed E-state index contributed by atoms with van der Waals surface area (Å²) in [5.41, 5.74) is 3.38. The number of carbonyl (C=O) groups is 1. The number of nitrogens with one attached hydrogen (secondary N) is 1. The molecule has 0 saturated carbocycles. The predicted octanol–water partition coefficient (Wildman–Crippen LogP) is 2.06. The number of ether oxygens (including phenoxy) is 1. The molecule has 0 saturated heterocycles. The van der Waals surface area contributed by atoms with Crippen molar-refractivity contribution >= 4 is 5.97 Å². The number of likely N-dealkylation sites (N-methyl/N-ethyl adjacent to an activating group) is 1. The second-order valence-corrected chi connectivity index (χ2v) is 5.29. The number of benzene rings is 1. The Morgan fingerprint density at radius 2 is 2.00 bits per heavy atom. The zero-order valence-corrected chi connectivity index (χ0v) is 13.2.